The number of carbonyl (C=O) groups is 2. The highest BCUT2D eigenvalue weighted by atomic mass is 16.5. The Bertz CT molecular complexity index is 728. The van der Waals surface area contributed by atoms with Crippen LogP contribution in [0.3, 0.4) is 0 Å². The molecule has 0 bridgehead atoms. The summed E-state index contributed by atoms with van der Waals surface area (Å²) in [7, 11) is 1.77. The molecule has 2 atom stereocenters. The van der Waals surface area contributed by atoms with E-state index in [4.69, 9.17) is 4.74 Å². The molecule has 3 amide bonds. The van der Waals surface area contributed by atoms with Crippen molar-refractivity contribution >= 4 is 11.9 Å². The first-order chi connectivity index (χ1) is 13.1. The first kappa shape index (κ1) is 17.5. The van der Waals surface area contributed by atoms with E-state index < -0.39 is 5.54 Å². The summed E-state index contributed by atoms with van der Waals surface area (Å²) in [4.78, 5) is 25.4. The Hall–Kier alpha value is -1.62. The number of urea groups is 1. The third-order valence-corrected chi connectivity index (χ3v) is 7.94. The third-order valence-electron chi connectivity index (χ3n) is 7.94. The number of ether oxygens (including phenoxy) is 1. The molecule has 3 saturated carbocycles. The van der Waals surface area contributed by atoms with Crippen molar-refractivity contribution in [2.24, 2.45) is 17.3 Å². The number of hydrogen-bond acceptors (Lipinski definition) is 3. The summed E-state index contributed by atoms with van der Waals surface area (Å²) < 4.78 is 5.58. The monoisotopic (exact) mass is 370 g/mol. The highest BCUT2D eigenvalue weighted by molar-refractivity contribution is 6.10. The van der Waals surface area contributed by atoms with Gasteiger partial charge in [-0.2, -0.15) is 0 Å². The summed E-state index contributed by atoms with van der Waals surface area (Å²) in [5, 5.41) is 5.71. The predicted octanol–water partition coefficient (Wildman–Crippen LogP) is 3.61. The lowest BCUT2D eigenvalue weighted by Gasteiger charge is -2.46. The van der Waals surface area contributed by atoms with Gasteiger partial charge in [0.2, 0.25) is 0 Å². The first-order valence-corrected chi connectivity index (χ1v) is 10.6. The van der Waals surface area contributed by atoms with Gasteiger partial charge >= 0.3 is 6.03 Å². The number of allylic oxidation sites excluding steroid dienone is 3. The molecule has 27 heavy (non-hydrogen) atoms. The minimum absolute atomic E-state index is 0.124. The van der Waals surface area contributed by atoms with E-state index in [1.54, 1.807) is 7.11 Å². The number of imide groups is 1. The molecular weight excluding hydrogens is 340 g/mol. The van der Waals surface area contributed by atoms with Crippen molar-refractivity contribution in [1.29, 1.82) is 0 Å². The van der Waals surface area contributed by atoms with Gasteiger partial charge in [0.25, 0.3) is 5.91 Å². The Labute approximate surface area is 161 Å². The SMILES string of the molecule is COC1CCC2(CC1)CC1CC=C(CCC3CC3)C=C1C21NC(=O)NC1=O. The van der Waals surface area contributed by atoms with Gasteiger partial charge in [-0.1, -0.05) is 30.6 Å². The van der Waals surface area contributed by atoms with Gasteiger partial charge in [0.1, 0.15) is 5.54 Å². The van der Waals surface area contributed by atoms with Crippen LogP contribution in [0.2, 0.25) is 0 Å². The summed E-state index contributed by atoms with van der Waals surface area (Å²) in [6.07, 6.45) is 15.8. The van der Waals surface area contributed by atoms with Gasteiger partial charge in [0.05, 0.1) is 6.10 Å². The minimum Gasteiger partial charge on any atom is -0.381 e. The van der Waals surface area contributed by atoms with Crippen molar-refractivity contribution in [2.75, 3.05) is 7.11 Å². The number of hydrogen-bond donors (Lipinski definition) is 2. The molecule has 0 radical (unpaired) electrons. The highest BCUT2D eigenvalue weighted by Gasteiger charge is 2.68. The Kier molecular flexibility index (Phi) is 4.01. The second kappa shape index (κ2) is 6.20. The van der Waals surface area contributed by atoms with Crippen LogP contribution < -0.4 is 10.6 Å². The molecule has 0 aromatic rings. The number of rotatable bonds is 4. The molecule has 5 rings (SSSR count). The molecule has 2 spiro atoms. The number of nitrogens with one attached hydrogen (secondary N) is 2. The average Bonchev–Trinajstić information content (AvgIpc) is 3.40. The Morgan fingerprint density at radius 3 is 2.59 bits per heavy atom. The van der Waals surface area contributed by atoms with E-state index >= 15 is 0 Å². The fourth-order valence-electron chi connectivity index (χ4n) is 6.28. The molecule has 5 nitrogen and oxygen atoms in total. The number of carbonyl (C=O) groups excluding carboxylic acids is 2. The second-order valence-electron chi connectivity index (χ2n) is 9.37. The maximum Gasteiger partial charge on any atom is 0.322 e. The summed E-state index contributed by atoms with van der Waals surface area (Å²) in [5.74, 6) is 1.16. The quantitative estimate of drug-likeness (QED) is 0.743. The van der Waals surface area contributed by atoms with Gasteiger partial charge < -0.3 is 10.1 Å². The maximum atomic E-state index is 13.2. The molecule has 1 saturated heterocycles. The first-order valence-electron chi connectivity index (χ1n) is 10.6. The molecule has 5 heteroatoms. The molecule has 4 fully saturated rings. The Morgan fingerprint density at radius 2 is 1.96 bits per heavy atom. The number of methoxy groups -OCH3 is 1. The normalized spacial score (nSPS) is 40.6. The van der Waals surface area contributed by atoms with E-state index in [2.05, 4.69) is 22.8 Å². The standard InChI is InChI=1S/C22H30N2O3/c1-27-17-8-10-21(11-9-17)13-16-7-6-15(5-4-14-2-3-14)12-18(16)22(21)19(25)23-20(26)24-22/h6,12,14,16-17H,2-5,7-11,13H2,1H3,(H2,23,24,25,26). The number of amides is 3. The fourth-order valence-corrected chi connectivity index (χ4v) is 6.28. The van der Waals surface area contributed by atoms with E-state index in [1.807, 2.05) is 0 Å². The topological polar surface area (TPSA) is 67.4 Å². The van der Waals surface area contributed by atoms with Crippen LogP contribution in [0.5, 0.6) is 0 Å². The molecule has 1 heterocycles. The van der Waals surface area contributed by atoms with E-state index in [9.17, 15) is 9.59 Å². The smallest absolute Gasteiger partial charge is 0.322 e. The number of fused-ring (bicyclic) bond motifs is 3. The lowest BCUT2D eigenvalue weighted by molar-refractivity contribution is -0.128. The van der Waals surface area contributed by atoms with Crippen LogP contribution >= 0.6 is 0 Å². The van der Waals surface area contributed by atoms with Crippen LogP contribution in [0, 0.1) is 17.3 Å². The molecule has 5 aliphatic rings. The average molecular weight is 370 g/mol. The van der Waals surface area contributed by atoms with Crippen molar-refractivity contribution in [3.8, 4) is 0 Å². The molecule has 4 aliphatic carbocycles. The minimum atomic E-state index is -0.841. The van der Waals surface area contributed by atoms with Gasteiger partial charge in [-0.25, -0.2) is 4.79 Å². The van der Waals surface area contributed by atoms with Gasteiger partial charge in [-0.05, 0) is 68.8 Å². The molecule has 2 N–H and O–H groups in total. The lowest BCUT2D eigenvalue weighted by atomic mass is 9.61. The van der Waals surface area contributed by atoms with Gasteiger partial charge in [-0.3, -0.25) is 10.1 Å². The Balaban J connectivity index is 1.49. The van der Waals surface area contributed by atoms with Crippen molar-refractivity contribution < 1.29 is 14.3 Å². The van der Waals surface area contributed by atoms with Crippen LogP contribution in [0.4, 0.5) is 4.79 Å². The molecule has 0 aromatic carbocycles. The molecule has 2 unspecified atom stereocenters. The third kappa shape index (κ3) is 2.61. The van der Waals surface area contributed by atoms with Crippen LogP contribution in [-0.4, -0.2) is 30.7 Å². The van der Waals surface area contributed by atoms with E-state index in [0.29, 0.717) is 5.92 Å². The van der Waals surface area contributed by atoms with Crippen molar-refractivity contribution in [3.63, 3.8) is 0 Å². The molecular formula is C22H30N2O3. The van der Waals surface area contributed by atoms with Crippen LogP contribution in [-0.2, 0) is 9.53 Å². The summed E-state index contributed by atoms with van der Waals surface area (Å²) in [5.41, 5.74) is 1.53. The lowest BCUT2D eigenvalue weighted by Crippen LogP contribution is -2.59. The largest absolute Gasteiger partial charge is 0.381 e. The zero-order chi connectivity index (χ0) is 18.6. The van der Waals surface area contributed by atoms with Gasteiger partial charge in [0.15, 0.2) is 0 Å². The van der Waals surface area contributed by atoms with Crippen LogP contribution in [0.1, 0.15) is 64.2 Å². The van der Waals surface area contributed by atoms with Crippen molar-refractivity contribution in [3.05, 3.63) is 23.3 Å². The van der Waals surface area contributed by atoms with E-state index in [-0.39, 0.29) is 23.5 Å². The summed E-state index contributed by atoms with van der Waals surface area (Å²) in [6.45, 7) is 0. The molecule has 0 aromatic heterocycles. The zero-order valence-corrected chi connectivity index (χ0v) is 16.2. The Morgan fingerprint density at radius 1 is 1.19 bits per heavy atom. The highest BCUT2D eigenvalue weighted by Crippen LogP contribution is 2.62. The summed E-state index contributed by atoms with van der Waals surface area (Å²) in [6, 6.07) is -0.330. The predicted molar refractivity (Wildman–Crippen MR) is 102 cm³/mol. The van der Waals surface area contributed by atoms with Crippen molar-refractivity contribution in [1.82, 2.24) is 10.6 Å². The summed E-state index contributed by atoms with van der Waals surface area (Å²) >= 11 is 0. The second-order valence-corrected chi connectivity index (χ2v) is 9.37. The maximum absolute atomic E-state index is 13.2. The zero-order valence-electron chi connectivity index (χ0n) is 16.2. The van der Waals surface area contributed by atoms with Gasteiger partial charge in [0, 0.05) is 12.5 Å². The van der Waals surface area contributed by atoms with Gasteiger partial charge in [-0.15, -0.1) is 0 Å². The molecule has 1 aliphatic heterocycles. The van der Waals surface area contributed by atoms with E-state index in [1.165, 1.54) is 30.4 Å². The fraction of sp³-hybridized carbons (Fsp3) is 0.727. The van der Waals surface area contributed by atoms with Crippen LogP contribution in [0.15, 0.2) is 23.3 Å². The van der Waals surface area contributed by atoms with E-state index in [0.717, 1.165) is 50.9 Å². The van der Waals surface area contributed by atoms with Crippen molar-refractivity contribution in [2.45, 2.75) is 75.9 Å². The molecule has 146 valence electrons. The van der Waals surface area contributed by atoms with Crippen LogP contribution in [0.25, 0.3) is 0 Å².